The lowest BCUT2D eigenvalue weighted by molar-refractivity contribution is 0.392. The molecule has 3 rings (SSSR count). The summed E-state index contributed by atoms with van der Waals surface area (Å²) in [6.45, 7) is 5.80. The largest absolute Gasteiger partial charge is 0.374 e. The maximum absolute atomic E-state index is 3.66. The van der Waals surface area contributed by atoms with Crippen LogP contribution in [-0.2, 0) is 13.0 Å². The molecular weight excluding hydrogens is 232 g/mol. The normalized spacial score (nSPS) is 25.9. The van der Waals surface area contributed by atoms with E-state index in [9.17, 15) is 0 Å². The molecular formula is C17H26N2. The Bertz CT molecular complexity index is 441. The molecule has 0 radical (unpaired) electrons. The highest BCUT2D eigenvalue weighted by Crippen LogP contribution is 2.30. The van der Waals surface area contributed by atoms with Gasteiger partial charge in [-0.3, -0.25) is 0 Å². The zero-order valence-corrected chi connectivity index (χ0v) is 12.3. The average Bonchev–Trinajstić information content (AvgIpc) is 2.97. The zero-order chi connectivity index (χ0) is 13.2. The van der Waals surface area contributed by atoms with Gasteiger partial charge >= 0.3 is 0 Å². The van der Waals surface area contributed by atoms with Crippen molar-refractivity contribution in [2.45, 2.75) is 39.2 Å². The van der Waals surface area contributed by atoms with Crippen molar-refractivity contribution >= 4 is 5.69 Å². The predicted octanol–water partition coefficient (Wildman–Crippen LogP) is 3.20. The van der Waals surface area contributed by atoms with Gasteiger partial charge in [0.2, 0.25) is 0 Å². The Morgan fingerprint density at radius 3 is 3.00 bits per heavy atom. The van der Waals surface area contributed by atoms with Crippen LogP contribution in [0.1, 0.15) is 37.3 Å². The van der Waals surface area contributed by atoms with Gasteiger partial charge in [0, 0.05) is 25.8 Å². The van der Waals surface area contributed by atoms with Crippen molar-refractivity contribution < 1.29 is 0 Å². The smallest absolute Gasteiger partial charge is 0.0397 e. The Morgan fingerprint density at radius 2 is 2.21 bits per heavy atom. The lowest BCUT2D eigenvalue weighted by Crippen LogP contribution is -2.24. The van der Waals surface area contributed by atoms with Crippen molar-refractivity contribution in [2.24, 2.45) is 11.8 Å². The highest BCUT2D eigenvalue weighted by molar-refractivity contribution is 5.58. The van der Waals surface area contributed by atoms with Crippen LogP contribution in [0.15, 0.2) is 18.2 Å². The van der Waals surface area contributed by atoms with E-state index in [0.717, 1.165) is 18.4 Å². The number of fused-ring (bicyclic) bond motifs is 1. The molecule has 0 amide bonds. The van der Waals surface area contributed by atoms with Crippen molar-refractivity contribution in [2.75, 3.05) is 25.0 Å². The van der Waals surface area contributed by atoms with Gasteiger partial charge in [0.15, 0.2) is 0 Å². The number of hydrogen-bond donors (Lipinski definition) is 1. The number of hydrogen-bond acceptors (Lipinski definition) is 2. The molecule has 0 aromatic heterocycles. The molecule has 1 N–H and O–H groups in total. The Balaban J connectivity index is 1.53. The monoisotopic (exact) mass is 258 g/mol. The fourth-order valence-electron chi connectivity index (χ4n) is 3.66. The topological polar surface area (TPSA) is 15.3 Å². The van der Waals surface area contributed by atoms with E-state index in [0.29, 0.717) is 0 Å². The lowest BCUT2D eigenvalue weighted by atomic mass is 9.98. The first-order chi connectivity index (χ1) is 9.24. The Hall–Kier alpha value is -1.02. The second kappa shape index (κ2) is 5.54. The molecule has 1 fully saturated rings. The summed E-state index contributed by atoms with van der Waals surface area (Å²) in [7, 11) is 2.19. The average molecular weight is 258 g/mol. The third-order valence-corrected chi connectivity index (χ3v) is 5.05. The van der Waals surface area contributed by atoms with E-state index in [-0.39, 0.29) is 0 Å². The van der Waals surface area contributed by atoms with E-state index in [4.69, 9.17) is 0 Å². The Labute approximate surface area is 117 Å². The van der Waals surface area contributed by atoms with Gasteiger partial charge in [-0.1, -0.05) is 31.9 Å². The predicted molar refractivity (Wildman–Crippen MR) is 81.6 cm³/mol. The number of rotatable bonds is 4. The molecule has 0 bridgehead atoms. The van der Waals surface area contributed by atoms with Crippen LogP contribution in [0.25, 0.3) is 0 Å². The zero-order valence-electron chi connectivity index (χ0n) is 12.3. The minimum atomic E-state index is 0.903. The minimum Gasteiger partial charge on any atom is -0.374 e. The van der Waals surface area contributed by atoms with E-state index in [2.05, 4.69) is 42.4 Å². The summed E-state index contributed by atoms with van der Waals surface area (Å²) >= 11 is 0. The van der Waals surface area contributed by atoms with Crippen LogP contribution in [-0.4, -0.2) is 20.1 Å². The van der Waals surface area contributed by atoms with Gasteiger partial charge in [-0.2, -0.15) is 0 Å². The summed E-state index contributed by atoms with van der Waals surface area (Å²) in [5.74, 6) is 1.82. The van der Waals surface area contributed by atoms with Crippen molar-refractivity contribution in [1.82, 2.24) is 5.32 Å². The van der Waals surface area contributed by atoms with Gasteiger partial charge in [-0.25, -0.2) is 0 Å². The SMILES string of the molecule is CC1CCCC1CNCc1ccc2c(c1)CCN2C. The molecule has 1 saturated carbocycles. The molecule has 1 aromatic rings. The van der Waals surface area contributed by atoms with Gasteiger partial charge in [-0.05, 0) is 48.4 Å². The number of benzene rings is 1. The van der Waals surface area contributed by atoms with Gasteiger partial charge in [0.1, 0.15) is 0 Å². The van der Waals surface area contributed by atoms with Crippen LogP contribution in [0.4, 0.5) is 5.69 Å². The fraction of sp³-hybridized carbons (Fsp3) is 0.647. The number of anilines is 1. The van der Waals surface area contributed by atoms with Crippen LogP contribution in [0.5, 0.6) is 0 Å². The molecule has 1 aliphatic carbocycles. The summed E-state index contributed by atoms with van der Waals surface area (Å²) in [5, 5.41) is 3.66. The molecule has 104 valence electrons. The van der Waals surface area contributed by atoms with Gasteiger partial charge in [0.25, 0.3) is 0 Å². The second-order valence-corrected chi connectivity index (χ2v) is 6.43. The molecule has 0 spiro atoms. The first kappa shape index (κ1) is 13.0. The maximum atomic E-state index is 3.66. The van der Waals surface area contributed by atoms with Crippen molar-refractivity contribution in [3.05, 3.63) is 29.3 Å². The highest BCUT2D eigenvalue weighted by atomic mass is 15.1. The summed E-state index contributed by atoms with van der Waals surface area (Å²) in [6.07, 6.45) is 5.48. The van der Waals surface area contributed by atoms with Gasteiger partial charge in [0.05, 0.1) is 0 Å². The molecule has 0 saturated heterocycles. The number of nitrogens with one attached hydrogen (secondary N) is 1. The quantitative estimate of drug-likeness (QED) is 0.892. The molecule has 1 aromatic carbocycles. The summed E-state index contributed by atoms with van der Waals surface area (Å²) < 4.78 is 0. The third kappa shape index (κ3) is 2.79. The first-order valence-electron chi connectivity index (χ1n) is 7.77. The molecule has 1 heterocycles. The summed E-state index contributed by atoms with van der Waals surface area (Å²) in [5.41, 5.74) is 4.39. The Morgan fingerprint density at radius 1 is 1.32 bits per heavy atom. The van der Waals surface area contributed by atoms with E-state index in [1.54, 1.807) is 0 Å². The highest BCUT2D eigenvalue weighted by Gasteiger charge is 2.22. The van der Waals surface area contributed by atoms with Crippen LogP contribution in [0, 0.1) is 11.8 Å². The third-order valence-electron chi connectivity index (χ3n) is 5.05. The summed E-state index contributed by atoms with van der Waals surface area (Å²) in [6, 6.07) is 6.97. The van der Waals surface area contributed by atoms with Crippen LogP contribution < -0.4 is 10.2 Å². The van der Waals surface area contributed by atoms with Crippen LogP contribution >= 0.6 is 0 Å². The summed E-state index contributed by atoms with van der Waals surface area (Å²) in [4.78, 5) is 2.35. The van der Waals surface area contributed by atoms with Gasteiger partial charge < -0.3 is 10.2 Å². The second-order valence-electron chi connectivity index (χ2n) is 6.43. The van der Waals surface area contributed by atoms with E-state index in [1.165, 1.54) is 55.6 Å². The molecule has 2 aliphatic rings. The fourth-order valence-corrected chi connectivity index (χ4v) is 3.66. The van der Waals surface area contributed by atoms with E-state index >= 15 is 0 Å². The molecule has 2 heteroatoms. The molecule has 2 unspecified atom stereocenters. The standard InChI is InChI=1S/C17H26N2/c1-13-4-3-5-16(13)12-18-11-14-6-7-17-15(10-14)8-9-19(17)2/h6-7,10,13,16,18H,3-5,8-9,11-12H2,1-2H3. The van der Waals surface area contributed by atoms with Crippen LogP contribution in [0.2, 0.25) is 0 Å². The number of nitrogens with zero attached hydrogens (tertiary/aromatic N) is 1. The first-order valence-corrected chi connectivity index (χ1v) is 7.77. The van der Waals surface area contributed by atoms with Crippen LogP contribution in [0.3, 0.4) is 0 Å². The van der Waals surface area contributed by atoms with Gasteiger partial charge in [-0.15, -0.1) is 0 Å². The van der Waals surface area contributed by atoms with Crippen molar-refractivity contribution in [1.29, 1.82) is 0 Å². The molecule has 1 aliphatic heterocycles. The minimum absolute atomic E-state index is 0.903. The van der Waals surface area contributed by atoms with E-state index in [1.807, 2.05) is 0 Å². The van der Waals surface area contributed by atoms with Crippen molar-refractivity contribution in [3.63, 3.8) is 0 Å². The Kier molecular flexibility index (Phi) is 3.79. The molecule has 19 heavy (non-hydrogen) atoms. The van der Waals surface area contributed by atoms with E-state index < -0.39 is 0 Å². The molecule has 2 atom stereocenters. The lowest BCUT2D eigenvalue weighted by Gasteiger charge is -2.16. The maximum Gasteiger partial charge on any atom is 0.0397 e. The number of likely N-dealkylation sites (N-methyl/N-ethyl adjacent to an activating group) is 1. The molecule has 2 nitrogen and oxygen atoms in total. The van der Waals surface area contributed by atoms with Crippen molar-refractivity contribution in [3.8, 4) is 0 Å².